The number of hydrogen-bond donors (Lipinski definition) is 2. The molecule has 1 aliphatic heterocycles. The van der Waals surface area contributed by atoms with Crippen LogP contribution in [0.15, 0.2) is 24.3 Å². The topological polar surface area (TPSA) is 67.4 Å². The molecule has 2 amide bonds. The van der Waals surface area contributed by atoms with Gasteiger partial charge < -0.3 is 15.4 Å². The number of benzene rings is 1. The summed E-state index contributed by atoms with van der Waals surface area (Å²) in [4.78, 5) is 23.2. The number of amides is 2. The van der Waals surface area contributed by atoms with Crippen LogP contribution in [-0.4, -0.2) is 31.1 Å². The summed E-state index contributed by atoms with van der Waals surface area (Å²) >= 11 is 2.17. The number of rotatable bonds is 3. The van der Waals surface area contributed by atoms with Crippen LogP contribution in [0.2, 0.25) is 0 Å². The van der Waals surface area contributed by atoms with E-state index in [0.717, 1.165) is 23.0 Å². The Morgan fingerprint density at radius 2 is 2.00 bits per heavy atom. The van der Waals surface area contributed by atoms with E-state index in [1.54, 1.807) is 12.1 Å². The maximum atomic E-state index is 11.6. The molecule has 1 saturated heterocycles. The number of anilines is 1. The largest absolute Gasteiger partial charge is 0.376 e. The van der Waals surface area contributed by atoms with Crippen molar-refractivity contribution >= 4 is 40.1 Å². The van der Waals surface area contributed by atoms with Gasteiger partial charge in [0.1, 0.15) is 0 Å². The van der Waals surface area contributed by atoms with Crippen LogP contribution in [0.25, 0.3) is 0 Å². The van der Waals surface area contributed by atoms with Gasteiger partial charge >= 0.3 is 11.8 Å². The first-order valence-corrected chi connectivity index (χ1v) is 7.19. The second kappa shape index (κ2) is 6.85. The summed E-state index contributed by atoms with van der Waals surface area (Å²) in [5, 5.41) is 5.13. The van der Waals surface area contributed by atoms with Crippen molar-refractivity contribution in [1.82, 2.24) is 5.32 Å². The molecule has 1 aromatic carbocycles. The highest BCUT2D eigenvalue weighted by Crippen LogP contribution is 2.11. The predicted molar refractivity (Wildman–Crippen MR) is 79.8 cm³/mol. The van der Waals surface area contributed by atoms with E-state index in [-0.39, 0.29) is 6.10 Å². The molecule has 19 heavy (non-hydrogen) atoms. The first kappa shape index (κ1) is 14.3. The monoisotopic (exact) mass is 374 g/mol. The van der Waals surface area contributed by atoms with Crippen molar-refractivity contribution < 1.29 is 14.3 Å². The minimum absolute atomic E-state index is 0.0371. The molecule has 1 atom stereocenters. The lowest BCUT2D eigenvalue weighted by Gasteiger charge is -2.10. The number of hydrogen-bond acceptors (Lipinski definition) is 3. The lowest BCUT2D eigenvalue weighted by Crippen LogP contribution is -2.39. The quantitative estimate of drug-likeness (QED) is 0.623. The fourth-order valence-electron chi connectivity index (χ4n) is 1.81. The van der Waals surface area contributed by atoms with Gasteiger partial charge in [0, 0.05) is 22.4 Å². The molecule has 6 heteroatoms. The molecule has 0 spiro atoms. The smallest absolute Gasteiger partial charge is 0.313 e. The molecular weight excluding hydrogens is 359 g/mol. The van der Waals surface area contributed by atoms with Crippen molar-refractivity contribution in [3.8, 4) is 0 Å². The third-order valence-corrected chi connectivity index (χ3v) is 3.54. The Balaban J connectivity index is 1.78. The van der Waals surface area contributed by atoms with Gasteiger partial charge in [-0.2, -0.15) is 0 Å². The molecule has 2 N–H and O–H groups in total. The van der Waals surface area contributed by atoms with Crippen LogP contribution < -0.4 is 10.6 Å². The van der Waals surface area contributed by atoms with E-state index in [0.29, 0.717) is 12.2 Å². The van der Waals surface area contributed by atoms with Gasteiger partial charge in [-0.25, -0.2) is 0 Å². The molecule has 5 nitrogen and oxygen atoms in total. The molecule has 0 radical (unpaired) electrons. The summed E-state index contributed by atoms with van der Waals surface area (Å²) in [5.41, 5.74) is 0.609. The molecule has 0 aliphatic carbocycles. The molecule has 0 bridgehead atoms. The molecule has 1 unspecified atom stereocenters. The van der Waals surface area contributed by atoms with Crippen LogP contribution in [0.1, 0.15) is 12.8 Å². The van der Waals surface area contributed by atoms with E-state index in [1.165, 1.54) is 0 Å². The summed E-state index contributed by atoms with van der Waals surface area (Å²) in [6, 6.07) is 7.24. The van der Waals surface area contributed by atoms with Gasteiger partial charge in [0.2, 0.25) is 0 Å². The van der Waals surface area contributed by atoms with E-state index in [1.807, 2.05) is 12.1 Å². The summed E-state index contributed by atoms with van der Waals surface area (Å²) in [5.74, 6) is -1.28. The first-order chi connectivity index (χ1) is 9.15. The molecule has 1 aromatic rings. The van der Waals surface area contributed by atoms with Crippen molar-refractivity contribution in [3.63, 3.8) is 0 Å². The lowest BCUT2D eigenvalue weighted by molar-refractivity contribution is -0.136. The van der Waals surface area contributed by atoms with Crippen LogP contribution in [0.4, 0.5) is 5.69 Å². The third-order valence-electron chi connectivity index (χ3n) is 2.82. The van der Waals surface area contributed by atoms with Gasteiger partial charge in [-0.05, 0) is 59.7 Å². The molecule has 1 fully saturated rings. The van der Waals surface area contributed by atoms with Crippen molar-refractivity contribution in [1.29, 1.82) is 0 Å². The average molecular weight is 374 g/mol. The van der Waals surface area contributed by atoms with E-state index < -0.39 is 11.8 Å². The SMILES string of the molecule is O=C(NCC1CCCO1)C(=O)Nc1ccc(I)cc1. The van der Waals surface area contributed by atoms with Crippen molar-refractivity contribution in [2.75, 3.05) is 18.5 Å². The Hall–Kier alpha value is -1.15. The minimum atomic E-state index is -0.654. The summed E-state index contributed by atoms with van der Waals surface area (Å²) in [6.45, 7) is 1.12. The van der Waals surface area contributed by atoms with Crippen LogP contribution in [0.5, 0.6) is 0 Å². The molecule has 0 aromatic heterocycles. The van der Waals surface area contributed by atoms with Crippen LogP contribution >= 0.6 is 22.6 Å². The fraction of sp³-hybridized carbons (Fsp3) is 0.385. The molecule has 1 aliphatic rings. The van der Waals surface area contributed by atoms with Crippen molar-refractivity contribution in [3.05, 3.63) is 27.8 Å². The Labute approximate surface area is 125 Å². The van der Waals surface area contributed by atoms with Gasteiger partial charge in [0.15, 0.2) is 0 Å². The third kappa shape index (κ3) is 4.46. The number of carbonyl (C=O) groups is 2. The predicted octanol–water partition coefficient (Wildman–Crippen LogP) is 1.52. The minimum Gasteiger partial charge on any atom is -0.376 e. The lowest BCUT2D eigenvalue weighted by atomic mass is 10.2. The number of nitrogens with one attached hydrogen (secondary N) is 2. The highest BCUT2D eigenvalue weighted by Gasteiger charge is 2.19. The summed E-state index contributed by atoms with van der Waals surface area (Å²) in [6.07, 6.45) is 1.98. The van der Waals surface area contributed by atoms with Crippen LogP contribution in [0.3, 0.4) is 0 Å². The fourth-order valence-corrected chi connectivity index (χ4v) is 2.17. The van der Waals surface area contributed by atoms with Gasteiger partial charge in [-0.1, -0.05) is 0 Å². The molecular formula is C13H15IN2O3. The maximum absolute atomic E-state index is 11.6. The second-order valence-electron chi connectivity index (χ2n) is 4.31. The van der Waals surface area contributed by atoms with Crippen LogP contribution in [0, 0.1) is 3.57 Å². The van der Waals surface area contributed by atoms with E-state index in [9.17, 15) is 9.59 Å². The van der Waals surface area contributed by atoms with Crippen molar-refractivity contribution in [2.45, 2.75) is 18.9 Å². The highest BCUT2D eigenvalue weighted by atomic mass is 127. The van der Waals surface area contributed by atoms with Crippen molar-refractivity contribution in [2.24, 2.45) is 0 Å². The maximum Gasteiger partial charge on any atom is 0.313 e. The van der Waals surface area contributed by atoms with Gasteiger partial charge in [0.05, 0.1) is 6.10 Å². The van der Waals surface area contributed by atoms with Gasteiger partial charge in [-0.15, -0.1) is 0 Å². The average Bonchev–Trinajstić information content (AvgIpc) is 2.91. The summed E-state index contributed by atoms with van der Waals surface area (Å²) in [7, 11) is 0. The van der Waals surface area contributed by atoms with Gasteiger partial charge in [0.25, 0.3) is 0 Å². The summed E-state index contributed by atoms with van der Waals surface area (Å²) < 4.78 is 6.44. The Bertz CT molecular complexity index is 455. The Kier molecular flexibility index (Phi) is 5.15. The van der Waals surface area contributed by atoms with E-state index in [2.05, 4.69) is 33.2 Å². The Morgan fingerprint density at radius 1 is 1.26 bits per heavy atom. The Morgan fingerprint density at radius 3 is 2.63 bits per heavy atom. The molecule has 2 rings (SSSR count). The highest BCUT2D eigenvalue weighted by molar-refractivity contribution is 14.1. The van der Waals surface area contributed by atoms with Crippen LogP contribution in [-0.2, 0) is 14.3 Å². The molecule has 0 saturated carbocycles. The van der Waals surface area contributed by atoms with Gasteiger partial charge in [-0.3, -0.25) is 9.59 Å². The molecule has 102 valence electrons. The zero-order valence-electron chi connectivity index (χ0n) is 10.3. The second-order valence-corrected chi connectivity index (χ2v) is 5.55. The number of carbonyl (C=O) groups excluding carboxylic acids is 2. The normalized spacial score (nSPS) is 18.1. The standard InChI is InChI=1S/C13H15IN2O3/c14-9-3-5-10(6-4-9)16-13(18)12(17)15-8-11-2-1-7-19-11/h3-6,11H,1-2,7-8H2,(H,15,17)(H,16,18). The molecule has 1 heterocycles. The zero-order chi connectivity index (χ0) is 13.7. The first-order valence-electron chi connectivity index (χ1n) is 6.11. The number of halogens is 1. The van der Waals surface area contributed by atoms with E-state index >= 15 is 0 Å². The number of ether oxygens (including phenoxy) is 1. The zero-order valence-corrected chi connectivity index (χ0v) is 12.5. The van der Waals surface area contributed by atoms with E-state index in [4.69, 9.17) is 4.74 Å².